The molecule has 1 aromatic heterocycles. The highest BCUT2D eigenvalue weighted by molar-refractivity contribution is 6.30. The van der Waals surface area contributed by atoms with Crippen LogP contribution in [0.4, 0.5) is 4.39 Å². The van der Waals surface area contributed by atoms with E-state index in [1.165, 1.54) is 0 Å². The van der Waals surface area contributed by atoms with Gasteiger partial charge in [-0.25, -0.2) is 9.07 Å². The molecule has 1 unspecified atom stereocenters. The van der Waals surface area contributed by atoms with E-state index < -0.39 is 0 Å². The Morgan fingerprint density at radius 1 is 1.35 bits per heavy atom. The van der Waals surface area contributed by atoms with Gasteiger partial charge in [0.2, 0.25) is 0 Å². The third-order valence-corrected chi connectivity index (χ3v) is 4.15. The smallest absolute Gasteiger partial charge is 0.146 e. The van der Waals surface area contributed by atoms with Crippen molar-refractivity contribution in [1.82, 2.24) is 19.9 Å². The molecule has 20 heavy (non-hydrogen) atoms. The maximum absolute atomic E-state index is 14.2. The minimum Gasteiger partial charge on any atom is -0.291 e. The van der Waals surface area contributed by atoms with E-state index in [4.69, 9.17) is 11.6 Å². The van der Waals surface area contributed by atoms with Crippen LogP contribution in [0.15, 0.2) is 24.4 Å². The Kier molecular flexibility index (Phi) is 3.72. The molecule has 6 heteroatoms. The van der Waals surface area contributed by atoms with Gasteiger partial charge in [-0.05, 0) is 19.4 Å². The normalized spacial score (nSPS) is 17.6. The molecule has 0 aliphatic carbocycles. The molecule has 0 N–H and O–H groups in total. The topological polar surface area (TPSA) is 34.0 Å². The number of aryl methyl sites for hydroxylation is 1. The van der Waals surface area contributed by atoms with Crippen molar-refractivity contribution in [3.05, 3.63) is 46.5 Å². The first-order valence-corrected chi connectivity index (χ1v) is 7.10. The summed E-state index contributed by atoms with van der Waals surface area (Å²) in [5.41, 5.74) is 1.70. The van der Waals surface area contributed by atoms with E-state index in [-0.39, 0.29) is 16.9 Å². The van der Waals surface area contributed by atoms with Crippen LogP contribution in [0.2, 0.25) is 5.02 Å². The van der Waals surface area contributed by atoms with Gasteiger partial charge in [-0.1, -0.05) is 28.9 Å². The van der Waals surface area contributed by atoms with Crippen LogP contribution in [0.3, 0.4) is 0 Å². The van der Waals surface area contributed by atoms with E-state index in [0.29, 0.717) is 5.56 Å². The predicted octanol–water partition coefficient (Wildman–Crippen LogP) is 3.04. The van der Waals surface area contributed by atoms with Gasteiger partial charge in [0, 0.05) is 31.2 Å². The van der Waals surface area contributed by atoms with Gasteiger partial charge >= 0.3 is 0 Å². The molecule has 1 aliphatic heterocycles. The summed E-state index contributed by atoms with van der Waals surface area (Å²) in [6.45, 7) is 4.49. The van der Waals surface area contributed by atoms with Crippen molar-refractivity contribution in [2.45, 2.75) is 32.5 Å². The van der Waals surface area contributed by atoms with E-state index in [1.54, 1.807) is 24.4 Å². The Hall–Kier alpha value is -1.46. The molecule has 2 heterocycles. The SMILES string of the molecule is CC(c1cccc(Cl)c1F)N1CCCn2nncc2C1. The molecule has 0 radical (unpaired) electrons. The summed E-state index contributed by atoms with van der Waals surface area (Å²) in [5.74, 6) is -0.322. The van der Waals surface area contributed by atoms with Crippen molar-refractivity contribution in [3.8, 4) is 0 Å². The Morgan fingerprint density at radius 2 is 2.20 bits per heavy atom. The fraction of sp³-hybridized carbons (Fsp3) is 0.429. The van der Waals surface area contributed by atoms with Crippen LogP contribution < -0.4 is 0 Å². The van der Waals surface area contributed by atoms with Crippen LogP contribution in [0.5, 0.6) is 0 Å². The number of benzene rings is 1. The standard InChI is InChI=1S/C14H16ClFN4/c1-10(12-4-2-5-13(15)14(12)16)19-6-3-7-20-11(9-19)8-17-18-20/h2,4-5,8,10H,3,6-7,9H2,1H3. The minimum atomic E-state index is -0.322. The average Bonchev–Trinajstić information content (AvgIpc) is 2.78. The molecule has 1 aromatic carbocycles. The molecular formula is C14H16ClFN4. The van der Waals surface area contributed by atoms with Crippen molar-refractivity contribution in [2.75, 3.05) is 6.54 Å². The molecule has 0 saturated carbocycles. The fourth-order valence-corrected chi connectivity index (χ4v) is 2.85. The highest BCUT2D eigenvalue weighted by atomic mass is 35.5. The number of hydrogen-bond acceptors (Lipinski definition) is 3. The number of hydrogen-bond donors (Lipinski definition) is 0. The predicted molar refractivity (Wildman–Crippen MR) is 74.9 cm³/mol. The number of rotatable bonds is 2. The van der Waals surface area contributed by atoms with Crippen molar-refractivity contribution >= 4 is 11.6 Å². The average molecular weight is 295 g/mol. The van der Waals surface area contributed by atoms with Crippen LogP contribution >= 0.6 is 11.6 Å². The largest absolute Gasteiger partial charge is 0.291 e. The first-order valence-electron chi connectivity index (χ1n) is 6.72. The van der Waals surface area contributed by atoms with E-state index >= 15 is 0 Å². The van der Waals surface area contributed by atoms with Crippen LogP contribution in [0.1, 0.15) is 30.6 Å². The first kappa shape index (κ1) is 13.5. The zero-order valence-corrected chi connectivity index (χ0v) is 12.0. The number of nitrogens with zero attached hydrogens (tertiary/aromatic N) is 4. The number of aromatic nitrogens is 3. The molecule has 0 spiro atoms. The monoisotopic (exact) mass is 294 g/mol. The summed E-state index contributed by atoms with van der Waals surface area (Å²) in [6.07, 6.45) is 2.75. The van der Waals surface area contributed by atoms with Gasteiger partial charge in [0.25, 0.3) is 0 Å². The lowest BCUT2D eigenvalue weighted by atomic mass is 10.1. The highest BCUT2D eigenvalue weighted by Crippen LogP contribution is 2.29. The van der Waals surface area contributed by atoms with Gasteiger partial charge in [-0.3, -0.25) is 4.90 Å². The van der Waals surface area contributed by atoms with E-state index in [0.717, 1.165) is 31.7 Å². The van der Waals surface area contributed by atoms with Gasteiger partial charge in [-0.2, -0.15) is 0 Å². The Morgan fingerprint density at radius 3 is 3.05 bits per heavy atom. The van der Waals surface area contributed by atoms with E-state index in [9.17, 15) is 4.39 Å². The Bertz CT molecular complexity index is 613. The third-order valence-electron chi connectivity index (χ3n) is 3.86. The second kappa shape index (κ2) is 5.50. The van der Waals surface area contributed by atoms with Crippen LogP contribution in [-0.4, -0.2) is 26.4 Å². The van der Waals surface area contributed by atoms with Crippen LogP contribution in [0, 0.1) is 5.82 Å². The van der Waals surface area contributed by atoms with Crippen molar-refractivity contribution in [2.24, 2.45) is 0 Å². The summed E-state index contributed by atoms with van der Waals surface area (Å²) < 4.78 is 16.1. The molecule has 4 nitrogen and oxygen atoms in total. The molecule has 0 amide bonds. The van der Waals surface area contributed by atoms with Crippen LogP contribution in [-0.2, 0) is 13.1 Å². The molecule has 106 valence electrons. The van der Waals surface area contributed by atoms with E-state index in [2.05, 4.69) is 15.2 Å². The first-order chi connectivity index (χ1) is 9.66. The van der Waals surface area contributed by atoms with Crippen molar-refractivity contribution in [1.29, 1.82) is 0 Å². The molecule has 1 atom stereocenters. The van der Waals surface area contributed by atoms with E-state index in [1.807, 2.05) is 11.6 Å². The maximum Gasteiger partial charge on any atom is 0.146 e. The molecule has 1 aliphatic rings. The minimum absolute atomic E-state index is 0.0323. The van der Waals surface area contributed by atoms with Gasteiger partial charge in [0.1, 0.15) is 5.82 Å². The zero-order chi connectivity index (χ0) is 14.1. The lowest BCUT2D eigenvalue weighted by Gasteiger charge is -2.28. The Balaban J connectivity index is 1.87. The van der Waals surface area contributed by atoms with Crippen molar-refractivity contribution in [3.63, 3.8) is 0 Å². The van der Waals surface area contributed by atoms with Crippen LogP contribution in [0.25, 0.3) is 0 Å². The second-order valence-corrected chi connectivity index (χ2v) is 5.50. The summed E-state index contributed by atoms with van der Waals surface area (Å²) in [4.78, 5) is 2.23. The highest BCUT2D eigenvalue weighted by Gasteiger charge is 2.23. The molecule has 0 bridgehead atoms. The van der Waals surface area contributed by atoms with Gasteiger partial charge < -0.3 is 0 Å². The summed E-state index contributed by atoms with van der Waals surface area (Å²) >= 11 is 5.88. The quantitative estimate of drug-likeness (QED) is 0.854. The second-order valence-electron chi connectivity index (χ2n) is 5.09. The number of fused-ring (bicyclic) bond motifs is 1. The lowest BCUT2D eigenvalue weighted by molar-refractivity contribution is 0.201. The molecule has 0 saturated heterocycles. The maximum atomic E-state index is 14.2. The third kappa shape index (κ3) is 2.43. The van der Waals surface area contributed by atoms with Gasteiger partial charge in [-0.15, -0.1) is 5.10 Å². The van der Waals surface area contributed by atoms with Crippen molar-refractivity contribution < 1.29 is 4.39 Å². The molecule has 0 fully saturated rings. The lowest BCUT2D eigenvalue weighted by Crippen LogP contribution is -2.27. The van der Waals surface area contributed by atoms with Gasteiger partial charge in [0.05, 0.1) is 16.9 Å². The molecule has 3 rings (SSSR count). The summed E-state index contributed by atoms with van der Waals surface area (Å²) in [5, 5.41) is 8.17. The number of halogens is 2. The zero-order valence-electron chi connectivity index (χ0n) is 11.3. The molecule has 2 aromatic rings. The molecular weight excluding hydrogens is 279 g/mol. The van der Waals surface area contributed by atoms with Gasteiger partial charge in [0.15, 0.2) is 0 Å². The fourth-order valence-electron chi connectivity index (χ4n) is 2.67. The Labute approximate surface area is 122 Å². The summed E-state index contributed by atoms with van der Waals surface area (Å²) in [6, 6.07) is 5.14. The summed E-state index contributed by atoms with van der Waals surface area (Å²) in [7, 11) is 0.